The van der Waals surface area contributed by atoms with Crippen molar-refractivity contribution >= 4 is 11.6 Å². The number of anilines is 1. The molecule has 0 heterocycles. The maximum atomic E-state index is 12.3. The Balaban J connectivity index is 2.15. The normalized spacial score (nSPS) is 10.2. The number of nitrogens with two attached hydrogens (primary N) is 1. The number of nitrogens with zero attached hydrogens (tertiary/aromatic N) is 1. The maximum Gasteiger partial charge on any atom is 0.258 e. The van der Waals surface area contributed by atoms with Crippen LogP contribution in [-0.2, 0) is 6.42 Å². The van der Waals surface area contributed by atoms with Gasteiger partial charge in [0.25, 0.3) is 5.91 Å². The molecular weight excluding hydrogens is 236 g/mol. The highest BCUT2D eigenvalue weighted by Crippen LogP contribution is 2.15. The highest BCUT2D eigenvalue weighted by Gasteiger charge is 2.12. The number of amides is 1. The SMILES string of the molecule is CN(C(=O)c1ccc(CCN)cc1)c1ccccc1. The minimum atomic E-state index is -0.00880. The molecule has 0 aliphatic heterocycles. The summed E-state index contributed by atoms with van der Waals surface area (Å²) >= 11 is 0. The minimum Gasteiger partial charge on any atom is -0.330 e. The van der Waals surface area contributed by atoms with Gasteiger partial charge in [-0.3, -0.25) is 4.79 Å². The van der Waals surface area contributed by atoms with Gasteiger partial charge in [0.2, 0.25) is 0 Å². The highest BCUT2D eigenvalue weighted by atomic mass is 16.2. The molecule has 0 aliphatic rings. The van der Waals surface area contributed by atoms with Crippen molar-refractivity contribution in [1.82, 2.24) is 0 Å². The van der Waals surface area contributed by atoms with E-state index in [1.165, 1.54) is 0 Å². The summed E-state index contributed by atoms with van der Waals surface area (Å²) in [6.45, 7) is 0.622. The molecule has 1 amide bonds. The smallest absolute Gasteiger partial charge is 0.258 e. The summed E-state index contributed by atoms with van der Waals surface area (Å²) in [4.78, 5) is 14.0. The van der Waals surface area contributed by atoms with Crippen LogP contribution in [0.3, 0.4) is 0 Å². The minimum absolute atomic E-state index is 0.00880. The molecule has 2 aromatic carbocycles. The van der Waals surface area contributed by atoms with Crippen molar-refractivity contribution in [2.24, 2.45) is 5.73 Å². The second-order valence-corrected chi connectivity index (χ2v) is 4.44. The molecule has 0 fully saturated rings. The molecule has 3 nitrogen and oxygen atoms in total. The van der Waals surface area contributed by atoms with Crippen molar-refractivity contribution in [3.05, 3.63) is 65.7 Å². The van der Waals surface area contributed by atoms with Crippen molar-refractivity contribution < 1.29 is 4.79 Å². The zero-order chi connectivity index (χ0) is 13.7. The molecule has 0 bridgehead atoms. The molecule has 0 saturated carbocycles. The first-order valence-corrected chi connectivity index (χ1v) is 6.34. The summed E-state index contributed by atoms with van der Waals surface area (Å²) in [6.07, 6.45) is 0.836. The average Bonchev–Trinajstić information content (AvgIpc) is 2.48. The number of hydrogen-bond donors (Lipinski definition) is 1. The maximum absolute atomic E-state index is 12.3. The van der Waals surface area contributed by atoms with Gasteiger partial charge in [0.1, 0.15) is 0 Å². The quantitative estimate of drug-likeness (QED) is 0.911. The summed E-state index contributed by atoms with van der Waals surface area (Å²) in [6, 6.07) is 17.2. The molecule has 2 rings (SSSR count). The molecule has 3 heteroatoms. The molecule has 0 unspecified atom stereocenters. The van der Waals surface area contributed by atoms with Gasteiger partial charge in [-0.05, 0) is 42.8 Å². The van der Waals surface area contributed by atoms with Crippen LogP contribution in [0, 0.1) is 0 Å². The van der Waals surface area contributed by atoms with E-state index in [1.807, 2.05) is 54.6 Å². The lowest BCUT2D eigenvalue weighted by Crippen LogP contribution is -2.26. The Labute approximate surface area is 113 Å². The third-order valence-electron chi connectivity index (χ3n) is 3.08. The van der Waals surface area contributed by atoms with E-state index >= 15 is 0 Å². The molecular formula is C16H18N2O. The first-order chi connectivity index (χ1) is 9.22. The Morgan fingerprint density at radius 3 is 2.26 bits per heavy atom. The van der Waals surface area contributed by atoms with Crippen LogP contribution in [0.25, 0.3) is 0 Å². The topological polar surface area (TPSA) is 46.3 Å². The summed E-state index contributed by atoms with van der Waals surface area (Å²) in [5.74, 6) is -0.00880. The Kier molecular flexibility index (Phi) is 4.31. The molecule has 98 valence electrons. The Morgan fingerprint density at radius 2 is 1.68 bits per heavy atom. The third kappa shape index (κ3) is 3.20. The van der Waals surface area contributed by atoms with Crippen LogP contribution >= 0.6 is 0 Å². The van der Waals surface area contributed by atoms with Crippen LogP contribution in [0.5, 0.6) is 0 Å². The van der Waals surface area contributed by atoms with Gasteiger partial charge in [-0.15, -0.1) is 0 Å². The Morgan fingerprint density at radius 1 is 1.05 bits per heavy atom. The third-order valence-corrected chi connectivity index (χ3v) is 3.08. The second kappa shape index (κ2) is 6.16. The first-order valence-electron chi connectivity index (χ1n) is 6.34. The number of para-hydroxylation sites is 1. The molecule has 19 heavy (non-hydrogen) atoms. The lowest BCUT2D eigenvalue weighted by Gasteiger charge is -2.17. The molecule has 0 spiro atoms. The van der Waals surface area contributed by atoms with Gasteiger partial charge in [0, 0.05) is 18.3 Å². The first kappa shape index (κ1) is 13.3. The van der Waals surface area contributed by atoms with E-state index in [0.29, 0.717) is 12.1 Å². The summed E-state index contributed by atoms with van der Waals surface area (Å²) in [5, 5.41) is 0. The summed E-state index contributed by atoms with van der Waals surface area (Å²) < 4.78 is 0. The van der Waals surface area contributed by atoms with Crippen LogP contribution < -0.4 is 10.6 Å². The summed E-state index contributed by atoms with van der Waals surface area (Å²) in [7, 11) is 1.78. The van der Waals surface area contributed by atoms with Crippen molar-refractivity contribution in [3.8, 4) is 0 Å². The van der Waals surface area contributed by atoms with Gasteiger partial charge >= 0.3 is 0 Å². The largest absolute Gasteiger partial charge is 0.330 e. The lowest BCUT2D eigenvalue weighted by atomic mass is 10.1. The van der Waals surface area contributed by atoms with E-state index in [-0.39, 0.29) is 5.91 Å². The number of benzene rings is 2. The van der Waals surface area contributed by atoms with Crippen molar-refractivity contribution in [2.75, 3.05) is 18.5 Å². The fourth-order valence-electron chi connectivity index (χ4n) is 1.94. The van der Waals surface area contributed by atoms with Crippen LogP contribution in [0.4, 0.5) is 5.69 Å². The standard InChI is InChI=1S/C16H18N2O/c1-18(15-5-3-2-4-6-15)16(19)14-9-7-13(8-10-14)11-12-17/h2-10H,11-12,17H2,1H3. The van der Waals surface area contributed by atoms with Gasteiger partial charge in [-0.2, -0.15) is 0 Å². The number of hydrogen-bond acceptors (Lipinski definition) is 2. The fourth-order valence-corrected chi connectivity index (χ4v) is 1.94. The van der Waals surface area contributed by atoms with Gasteiger partial charge < -0.3 is 10.6 Å². The van der Waals surface area contributed by atoms with E-state index in [9.17, 15) is 4.79 Å². The van der Waals surface area contributed by atoms with Crippen LogP contribution in [0.15, 0.2) is 54.6 Å². The molecule has 2 aromatic rings. The number of carbonyl (C=O) groups excluding carboxylic acids is 1. The molecule has 0 saturated heterocycles. The van der Waals surface area contributed by atoms with Crippen LogP contribution in [-0.4, -0.2) is 19.5 Å². The molecule has 2 N–H and O–H groups in total. The predicted molar refractivity (Wildman–Crippen MR) is 78.4 cm³/mol. The van der Waals surface area contributed by atoms with Gasteiger partial charge in [0.05, 0.1) is 0 Å². The van der Waals surface area contributed by atoms with Gasteiger partial charge in [0.15, 0.2) is 0 Å². The van der Waals surface area contributed by atoms with E-state index in [4.69, 9.17) is 5.73 Å². The molecule has 0 radical (unpaired) electrons. The van der Waals surface area contributed by atoms with Gasteiger partial charge in [-0.25, -0.2) is 0 Å². The predicted octanol–water partition coefficient (Wildman–Crippen LogP) is 2.46. The average molecular weight is 254 g/mol. The fraction of sp³-hybridized carbons (Fsp3) is 0.188. The van der Waals surface area contributed by atoms with Crippen molar-refractivity contribution in [1.29, 1.82) is 0 Å². The van der Waals surface area contributed by atoms with Crippen LogP contribution in [0.2, 0.25) is 0 Å². The second-order valence-electron chi connectivity index (χ2n) is 4.44. The van der Waals surface area contributed by atoms with E-state index in [2.05, 4.69) is 0 Å². The lowest BCUT2D eigenvalue weighted by molar-refractivity contribution is 0.0993. The molecule has 0 atom stereocenters. The monoisotopic (exact) mass is 254 g/mol. The highest BCUT2D eigenvalue weighted by molar-refractivity contribution is 6.05. The van der Waals surface area contributed by atoms with E-state index < -0.39 is 0 Å². The molecule has 0 aliphatic carbocycles. The summed E-state index contributed by atoms with van der Waals surface area (Å²) in [5.41, 5.74) is 8.24. The van der Waals surface area contributed by atoms with Crippen LogP contribution in [0.1, 0.15) is 15.9 Å². The Bertz CT molecular complexity index is 534. The zero-order valence-electron chi connectivity index (χ0n) is 11.0. The Hall–Kier alpha value is -2.13. The molecule has 0 aromatic heterocycles. The number of rotatable bonds is 4. The van der Waals surface area contributed by atoms with Crippen molar-refractivity contribution in [3.63, 3.8) is 0 Å². The number of carbonyl (C=O) groups is 1. The van der Waals surface area contributed by atoms with Crippen molar-refractivity contribution in [2.45, 2.75) is 6.42 Å². The zero-order valence-corrected chi connectivity index (χ0v) is 11.0. The van der Waals surface area contributed by atoms with E-state index in [1.54, 1.807) is 11.9 Å². The van der Waals surface area contributed by atoms with E-state index in [0.717, 1.165) is 17.7 Å². The van der Waals surface area contributed by atoms with Gasteiger partial charge in [-0.1, -0.05) is 30.3 Å².